The second-order valence-electron chi connectivity index (χ2n) is 6.47. The fraction of sp³-hybridized carbons (Fsp3) is 0.227. The second-order valence-corrected chi connectivity index (χ2v) is 7.41. The van der Waals surface area contributed by atoms with Gasteiger partial charge in [-0.25, -0.2) is 9.79 Å². The Labute approximate surface area is 173 Å². The van der Waals surface area contributed by atoms with Crippen molar-refractivity contribution in [3.05, 3.63) is 71.3 Å². The molecule has 7 heteroatoms. The molecule has 2 aromatic carbocycles. The van der Waals surface area contributed by atoms with E-state index in [1.165, 1.54) is 11.8 Å². The molecule has 1 saturated heterocycles. The van der Waals surface area contributed by atoms with Crippen molar-refractivity contribution < 1.29 is 19.1 Å². The standard InChI is InChI=1S/C22H20N2O4S/c1-3-28-21(26)18-19(14-7-5-4-6-8-14)23-22-24(17(25)13-29-22)20(18)15-9-11-16(27-2)12-10-15/h4-12,20H,3,13H2,1-2H3/t20-/m0/s1. The number of carbonyl (C=O) groups excluding carboxylic acids is 2. The minimum atomic E-state index is -0.606. The highest BCUT2D eigenvalue weighted by atomic mass is 32.2. The van der Waals surface area contributed by atoms with E-state index >= 15 is 0 Å². The van der Waals surface area contributed by atoms with Gasteiger partial charge in [0.1, 0.15) is 5.75 Å². The zero-order chi connectivity index (χ0) is 20.4. The first-order valence-corrected chi connectivity index (χ1v) is 10.3. The number of hydrogen-bond acceptors (Lipinski definition) is 6. The van der Waals surface area contributed by atoms with Crippen LogP contribution in [0.25, 0.3) is 5.70 Å². The Morgan fingerprint density at radius 3 is 2.55 bits per heavy atom. The van der Waals surface area contributed by atoms with Crippen LogP contribution in [0.3, 0.4) is 0 Å². The van der Waals surface area contributed by atoms with Crippen molar-refractivity contribution in [1.82, 2.24) is 4.90 Å². The number of rotatable bonds is 5. The van der Waals surface area contributed by atoms with Crippen molar-refractivity contribution in [3.8, 4) is 5.75 Å². The van der Waals surface area contributed by atoms with Crippen LogP contribution in [0.1, 0.15) is 24.1 Å². The molecule has 2 aromatic rings. The van der Waals surface area contributed by atoms with Crippen molar-refractivity contribution in [3.63, 3.8) is 0 Å². The van der Waals surface area contributed by atoms with E-state index in [2.05, 4.69) is 0 Å². The molecule has 1 fully saturated rings. The Morgan fingerprint density at radius 1 is 1.17 bits per heavy atom. The van der Waals surface area contributed by atoms with Crippen molar-refractivity contribution in [2.24, 2.45) is 4.99 Å². The van der Waals surface area contributed by atoms with E-state index in [1.54, 1.807) is 18.9 Å². The predicted octanol–water partition coefficient (Wildman–Crippen LogP) is 3.66. The van der Waals surface area contributed by atoms with E-state index in [1.807, 2.05) is 54.6 Å². The fourth-order valence-electron chi connectivity index (χ4n) is 3.46. The number of hydrogen-bond donors (Lipinski definition) is 0. The van der Waals surface area contributed by atoms with Crippen molar-refractivity contribution in [2.45, 2.75) is 13.0 Å². The maximum atomic E-state index is 13.1. The van der Waals surface area contributed by atoms with Gasteiger partial charge in [0.25, 0.3) is 0 Å². The van der Waals surface area contributed by atoms with E-state index < -0.39 is 12.0 Å². The molecule has 29 heavy (non-hydrogen) atoms. The number of ether oxygens (including phenoxy) is 2. The van der Waals surface area contributed by atoms with Crippen LogP contribution < -0.4 is 4.74 Å². The lowest BCUT2D eigenvalue weighted by Gasteiger charge is -2.33. The van der Waals surface area contributed by atoms with Crippen LogP contribution in [0.4, 0.5) is 0 Å². The topological polar surface area (TPSA) is 68.2 Å². The van der Waals surface area contributed by atoms with E-state index in [9.17, 15) is 9.59 Å². The molecule has 4 rings (SSSR count). The number of benzene rings is 2. The summed E-state index contributed by atoms with van der Waals surface area (Å²) in [5.74, 6) is 0.442. The Bertz CT molecular complexity index is 999. The molecule has 0 aliphatic carbocycles. The second kappa shape index (κ2) is 8.13. The maximum Gasteiger partial charge on any atom is 0.338 e. The predicted molar refractivity (Wildman–Crippen MR) is 112 cm³/mol. The lowest BCUT2D eigenvalue weighted by molar-refractivity contribution is -0.139. The molecular weight excluding hydrogens is 388 g/mol. The minimum Gasteiger partial charge on any atom is -0.497 e. The molecule has 0 aromatic heterocycles. The number of methoxy groups -OCH3 is 1. The lowest BCUT2D eigenvalue weighted by Crippen LogP contribution is -2.39. The van der Waals surface area contributed by atoms with Crippen LogP contribution in [0.2, 0.25) is 0 Å². The van der Waals surface area contributed by atoms with Gasteiger partial charge in [0.05, 0.1) is 36.8 Å². The average Bonchev–Trinajstić information content (AvgIpc) is 3.14. The van der Waals surface area contributed by atoms with Crippen LogP contribution in [0, 0.1) is 0 Å². The number of thioether (sulfide) groups is 1. The van der Waals surface area contributed by atoms with E-state index in [4.69, 9.17) is 14.5 Å². The molecule has 2 aliphatic heterocycles. The quantitative estimate of drug-likeness (QED) is 0.707. The normalized spacial score (nSPS) is 18.4. The summed E-state index contributed by atoms with van der Waals surface area (Å²) in [7, 11) is 1.60. The Hall–Kier alpha value is -3.06. The first-order valence-electron chi connectivity index (χ1n) is 9.28. The van der Waals surface area contributed by atoms with Crippen LogP contribution in [0.5, 0.6) is 5.75 Å². The average molecular weight is 408 g/mol. The molecule has 2 heterocycles. The molecule has 0 N–H and O–H groups in total. The van der Waals surface area contributed by atoms with Gasteiger partial charge in [-0.3, -0.25) is 9.69 Å². The van der Waals surface area contributed by atoms with Crippen LogP contribution in [0.15, 0.2) is 65.2 Å². The highest BCUT2D eigenvalue weighted by Gasteiger charge is 2.44. The summed E-state index contributed by atoms with van der Waals surface area (Å²) in [6.45, 7) is 2.00. The number of carbonyl (C=O) groups is 2. The number of nitrogens with zero attached hydrogens (tertiary/aromatic N) is 2. The Balaban J connectivity index is 1.94. The van der Waals surface area contributed by atoms with Gasteiger partial charge in [0.2, 0.25) is 5.91 Å². The largest absolute Gasteiger partial charge is 0.497 e. The zero-order valence-corrected chi connectivity index (χ0v) is 16.9. The third kappa shape index (κ3) is 3.53. The molecule has 0 unspecified atom stereocenters. The summed E-state index contributed by atoms with van der Waals surface area (Å²) in [5.41, 5.74) is 2.51. The smallest absolute Gasteiger partial charge is 0.338 e. The Morgan fingerprint density at radius 2 is 1.90 bits per heavy atom. The summed E-state index contributed by atoms with van der Waals surface area (Å²) in [4.78, 5) is 32.1. The maximum absolute atomic E-state index is 13.1. The summed E-state index contributed by atoms with van der Waals surface area (Å²) in [6.07, 6.45) is 0. The number of fused-ring (bicyclic) bond motifs is 1. The summed E-state index contributed by atoms with van der Waals surface area (Å²) in [5, 5.41) is 0.600. The van der Waals surface area contributed by atoms with Gasteiger partial charge >= 0.3 is 5.97 Å². The molecule has 1 amide bonds. The summed E-state index contributed by atoms with van der Waals surface area (Å²) in [6, 6.07) is 16.3. The molecular formula is C22H20N2O4S. The lowest BCUT2D eigenvalue weighted by atomic mass is 9.92. The zero-order valence-electron chi connectivity index (χ0n) is 16.1. The first kappa shape index (κ1) is 19.3. The number of amidine groups is 1. The highest BCUT2D eigenvalue weighted by Crippen LogP contribution is 2.44. The number of aliphatic imine (C=N–C) groups is 1. The van der Waals surface area contributed by atoms with Gasteiger partial charge in [-0.15, -0.1) is 0 Å². The third-order valence-electron chi connectivity index (χ3n) is 4.77. The van der Waals surface area contributed by atoms with Gasteiger partial charge in [-0.2, -0.15) is 0 Å². The molecule has 1 atom stereocenters. The molecule has 0 bridgehead atoms. The molecule has 0 saturated carbocycles. The van der Waals surface area contributed by atoms with Gasteiger partial charge < -0.3 is 9.47 Å². The van der Waals surface area contributed by atoms with Crippen LogP contribution in [-0.2, 0) is 14.3 Å². The highest BCUT2D eigenvalue weighted by molar-refractivity contribution is 8.15. The monoisotopic (exact) mass is 408 g/mol. The van der Waals surface area contributed by atoms with Gasteiger partial charge in [-0.05, 0) is 24.6 Å². The van der Waals surface area contributed by atoms with Crippen molar-refractivity contribution in [2.75, 3.05) is 19.5 Å². The molecule has 2 aliphatic rings. The number of esters is 1. The van der Waals surface area contributed by atoms with Crippen molar-refractivity contribution >= 4 is 34.5 Å². The van der Waals surface area contributed by atoms with E-state index in [0.717, 1.165) is 11.1 Å². The fourth-order valence-corrected chi connectivity index (χ4v) is 4.36. The van der Waals surface area contributed by atoms with Gasteiger partial charge in [0.15, 0.2) is 5.17 Å². The summed E-state index contributed by atoms with van der Waals surface area (Å²) < 4.78 is 10.6. The van der Waals surface area contributed by atoms with E-state index in [0.29, 0.717) is 27.9 Å². The Kier molecular flexibility index (Phi) is 5.40. The molecule has 0 radical (unpaired) electrons. The van der Waals surface area contributed by atoms with E-state index in [-0.39, 0.29) is 12.5 Å². The SMILES string of the molecule is CCOC(=O)C1=C(c2ccccc2)N=C2SCC(=O)N2[C@H]1c1ccc(OC)cc1. The minimum absolute atomic E-state index is 0.0801. The molecule has 6 nitrogen and oxygen atoms in total. The molecule has 148 valence electrons. The molecule has 0 spiro atoms. The van der Waals surface area contributed by atoms with Gasteiger partial charge in [-0.1, -0.05) is 54.2 Å². The van der Waals surface area contributed by atoms with Crippen LogP contribution in [-0.4, -0.2) is 41.4 Å². The first-order chi connectivity index (χ1) is 14.1. The van der Waals surface area contributed by atoms with Gasteiger partial charge in [0, 0.05) is 5.56 Å². The third-order valence-corrected chi connectivity index (χ3v) is 5.71. The van der Waals surface area contributed by atoms with Crippen LogP contribution >= 0.6 is 11.8 Å². The number of amides is 1. The van der Waals surface area contributed by atoms with Crippen molar-refractivity contribution in [1.29, 1.82) is 0 Å². The summed E-state index contributed by atoms with van der Waals surface area (Å²) >= 11 is 1.38.